The molecule has 0 heterocycles. The van der Waals surface area contributed by atoms with Crippen molar-refractivity contribution in [3.05, 3.63) is 127 Å². The molecule has 0 aliphatic carbocycles. The summed E-state index contributed by atoms with van der Waals surface area (Å²) in [5, 5.41) is 0. The summed E-state index contributed by atoms with van der Waals surface area (Å²) in [5.41, 5.74) is 4.92. The van der Waals surface area contributed by atoms with E-state index in [1.165, 1.54) is 35.6 Å². The number of benzene rings is 4. The predicted octanol–water partition coefficient (Wildman–Crippen LogP) is 6.03. The largest absolute Gasteiger partial charge is 0.473 e. The number of carbonyl (C=O) groups excluding carboxylic acids is 1. The molecule has 4 aromatic rings. The van der Waals surface area contributed by atoms with Crippen LogP contribution in [0.25, 0.3) is 0 Å². The molecular weight excluding hydrogens is 459 g/mol. The van der Waals surface area contributed by atoms with Crippen LogP contribution < -0.4 is 16.4 Å². The topological polar surface area (TPSA) is 34.1 Å². The van der Waals surface area contributed by atoms with Gasteiger partial charge in [-0.15, -0.1) is 0 Å². The molecule has 0 saturated carbocycles. The van der Waals surface area contributed by atoms with Crippen LogP contribution in [0.4, 0.5) is 0 Å². The highest BCUT2D eigenvalue weighted by atomic mass is 32.1. The zero-order valence-electron chi connectivity index (χ0n) is 21.5. The maximum Gasteiger partial charge on any atom is 0.473 e. The van der Waals surface area contributed by atoms with Crippen LogP contribution in [-0.4, -0.2) is 16.7 Å². The molecule has 0 bridgehead atoms. The quantitative estimate of drug-likeness (QED) is 0.162. The molecule has 0 unspecified atom stereocenters. The lowest BCUT2D eigenvalue weighted by Gasteiger charge is -2.43. The molecule has 2 nitrogen and oxygen atoms in total. The lowest BCUT2D eigenvalue weighted by molar-refractivity contribution is 0.0957. The summed E-state index contributed by atoms with van der Waals surface area (Å²) in [4.78, 5) is 11.7. The van der Waals surface area contributed by atoms with Crippen LogP contribution in [0.1, 0.15) is 44.0 Å². The fourth-order valence-electron chi connectivity index (χ4n) is 4.91. The molecule has 0 fully saturated rings. The van der Waals surface area contributed by atoms with E-state index in [1.54, 1.807) is 38.1 Å². The molecule has 0 aliphatic heterocycles. The van der Waals surface area contributed by atoms with Gasteiger partial charge in [-0.05, 0) is 0 Å². The summed E-state index contributed by atoms with van der Waals surface area (Å²) in [5.74, 6) is -0.117. The molecule has 4 aromatic carbocycles. The summed E-state index contributed by atoms with van der Waals surface area (Å²) < 4.78 is 9.79. The van der Waals surface area contributed by atoms with Crippen molar-refractivity contribution < 1.29 is 9.00 Å². The van der Waals surface area contributed by atoms with Crippen LogP contribution >= 0.6 is 0 Å². The lowest BCUT2D eigenvalue weighted by Crippen LogP contribution is -2.66. The molecule has 4 heteroatoms. The first-order chi connectivity index (χ1) is 17.5. The van der Waals surface area contributed by atoms with E-state index in [-0.39, 0.29) is 5.78 Å². The second kappa shape index (κ2) is 13.1. The van der Waals surface area contributed by atoms with Gasteiger partial charge in [-0.2, -0.15) is 22.7 Å². The van der Waals surface area contributed by atoms with E-state index in [4.69, 9.17) is 0 Å². The number of hydrogen-bond donors (Lipinski definition) is 0. The SMILES string of the molecule is CC(C)([S+]=O)C(=O)c1ccccc1.CCCC[B-](c1ccccc1)(c1ccccc1)c1ccccc1. The first-order valence-corrected chi connectivity index (χ1v) is 13.4. The van der Waals surface area contributed by atoms with Gasteiger partial charge in [-0.3, -0.25) is 4.79 Å². The van der Waals surface area contributed by atoms with Gasteiger partial charge in [0.25, 0.3) is 0 Å². The van der Waals surface area contributed by atoms with Gasteiger partial charge in [0.1, 0.15) is 0 Å². The number of carbonyl (C=O) groups is 1. The van der Waals surface area contributed by atoms with Gasteiger partial charge in [0.15, 0.2) is 0 Å². The smallest absolute Gasteiger partial charge is 0.287 e. The van der Waals surface area contributed by atoms with Gasteiger partial charge in [0.05, 0.1) is 6.15 Å². The Morgan fingerprint density at radius 1 is 0.667 bits per heavy atom. The molecule has 36 heavy (non-hydrogen) atoms. The Balaban J connectivity index is 0.000000236. The van der Waals surface area contributed by atoms with Crippen LogP contribution in [0.15, 0.2) is 121 Å². The summed E-state index contributed by atoms with van der Waals surface area (Å²) in [7, 11) is 0. The monoisotopic (exact) mass is 494 g/mol. The molecular formula is C32H35BO2S. The second-order valence-electron chi connectivity index (χ2n) is 9.71. The minimum Gasteiger partial charge on any atom is -0.287 e. The van der Waals surface area contributed by atoms with Crippen molar-refractivity contribution in [3.63, 3.8) is 0 Å². The first-order valence-electron chi connectivity index (χ1n) is 12.7. The lowest BCUT2D eigenvalue weighted by atomic mass is 9.14. The molecule has 184 valence electrons. The highest BCUT2D eigenvalue weighted by Crippen LogP contribution is 2.16. The van der Waals surface area contributed by atoms with Gasteiger partial charge < -0.3 is 0 Å². The van der Waals surface area contributed by atoms with E-state index in [0.29, 0.717) is 17.2 Å². The fraction of sp³-hybridized carbons (Fsp3) is 0.219. The van der Waals surface area contributed by atoms with Gasteiger partial charge in [-0.25, -0.2) is 0 Å². The number of rotatable bonds is 9. The number of hydrogen-bond acceptors (Lipinski definition) is 2. The molecule has 0 saturated heterocycles. The second-order valence-corrected chi connectivity index (χ2v) is 10.9. The molecule has 0 radical (unpaired) electrons. The highest BCUT2D eigenvalue weighted by Gasteiger charge is 2.42. The summed E-state index contributed by atoms with van der Waals surface area (Å²) >= 11 is 0.330. The highest BCUT2D eigenvalue weighted by molar-refractivity contribution is 7.68. The maximum atomic E-state index is 11.7. The third kappa shape index (κ3) is 6.44. The summed E-state index contributed by atoms with van der Waals surface area (Å²) in [6.45, 7) is 5.56. The van der Waals surface area contributed by atoms with Gasteiger partial charge >= 0.3 is 16.4 Å². The Kier molecular flexibility index (Phi) is 9.90. The van der Waals surface area contributed by atoms with Crippen molar-refractivity contribution in [3.8, 4) is 0 Å². The fourth-order valence-corrected chi connectivity index (χ4v) is 5.10. The third-order valence-electron chi connectivity index (χ3n) is 6.89. The summed E-state index contributed by atoms with van der Waals surface area (Å²) in [6.07, 6.45) is 2.73. The van der Waals surface area contributed by atoms with Crippen LogP contribution in [-0.2, 0) is 15.9 Å². The minimum absolute atomic E-state index is 0.117. The standard InChI is InChI=1S/C22H24B.C10H11O2S/c1-2-3-19-23(20-13-7-4-8-14-20,21-15-9-5-10-16-21)22-17-11-6-12-18-22;1-10(2,13-12)9(11)8-6-4-3-5-7-8/h4-18H,2-3,19H2,1H3;3-7H,1-2H3/q-1;+1. The molecule has 0 amide bonds. The van der Waals surface area contributed by atoms with E-state index in [1.807, 2.05) is 6.07 Å². The molecule has 0 atom stereocenters. The number of unbranched alkanes of at least 4 members (excludes halogenated alkanes) is 1. The summed E-state index contributed by atoms with van der Waals surface area (Å²) in [6, 6.07) is 42.0. The Morgan fingerprint density at radius 2 is 1.03 bits per heavy atom. The van der Waals surface area contributed by atoms with Gasteiger partial charge in [-0.1, -0.05) is 141 Å². The van der Waals surface area contributed by atoms with Crippen LogP contribution in [0.2, 0.25) is 6.32 Å². The zero-order valence-corrected chi connectivity index (χ0v) is 22.3. The third-order valence-corrected chi connectivity index (χ3v) is 7.49. The van der Waals surface area contributed by atoms with Crippen molar-refractivity contribution in [1.29, 1.82) is 0 Å². The van der Waals surface area contributed by atoms with Crippen molar-refractivity contribution >= 4 is 40.0 Å². The Hall–Kier alpha value is -3.37. The molecule has 0 N–H and O–H groups in total. The average Bonchev–Trinajstić information content (AvgIpc) is 2.95. The predicted molar refractivity (Wildman–Crippen MR) is 157 cm³/mol. The van der Waals surface area contributed by atoms with Crippen molar-refractivity contribution in [2.45, 2.75) is 44.7 Å². The van der Waals surface area contributed by atoms with Crippen molar-refractivity contribution in [2.24, 2.45) is 0 Å². The normalized spacial score (nSPS) is 11.2. The Bertz CT molecular complexity index is 1110. The van der Waals surface area contributed by atoms with Crippen molar-refractivity contribution in [1.82, 2.24) is 0 Å². The van der Waals surface area contributed by atoms with E-state index >= 15 is 0 Å². The Labute approximate surface area is 220 Å². The number of ketones is 1. The van der Waals surface area contributed by atoms with Crippen LogP contribution in [0.5, 0.6) is 0 Å². The maximum absolute atomic E-state index is 11.7. The van der Waals surface area contributed by atoms with Crippen molar-refractivity contribution in [2.75, 3.05) is 0 Å². The van der Waals surface area contributed by atoms with Gasteiger partial charge in [0, 0.05) is 23.6 Å². The average molecular weight is 495 g/mol. The van der Waals surface area contributed by atoms with E-state index in [0.717, 1.165) is 0 Å². The first kappa shape index (κ1) is 27.2. The van der Waals surface area contributed by atoms with Crippen LogP contribution in [0.3, 0.4) is 0 Å². The number of Topliss-reactive ketones (excluding diaryl/α,β-unsaturated/α-hetero) is 1. The molecule has 0 aliphatic rings. The Morgan fingerprint density at radius 3 is 1.36 bits per heavy atom. The molecule has 0 aromatic heterocycles. The van der Waals surface area contributed by atoms with Gasteiger partial charge in [0.2, 0.25) is 5.78 Å². The molecule has 4 rings (SSSR count). The van der Waals surface area contributed by atoms with E-state index in [9.17, 15) is 9.00 Å². The van der Waals surface area contributed by atoms with E-state index < -0.39 is 10.9 Å². The van der Waals surface area contributed by atoms with Crippen LogP contribution in [0, 0.1) is 0 Å². The zero-order chi connectivity index (χ0) is 25.9. The van der Waals surface area contributed by atoms with E-state index in [2.05, 4.69) is 97.9 Å². The molecule has 0 spiro atoms. The minimum atomic E-state index is -0.913.